The third-order valence-corrected chi connectivity index (χ3v) is 5.13. The van der Waals surface area contributed by atoms with E-state index in [1.54, 1.807) is 16.8 Å². The average molecular weight is 375 g/mol. The first kappa shape index (κ1) is 18.4. The Balaban J connectivity index is 1.47. The first-order valence-corrected chi connectivity index (χ1v) is 9.86. The van der Waals surface area contributed by atoms with Gasteiger partial charge in [0.05, 0.1) is 29.6 Å². The van der Waals surface area contributed by atoms with Crippen molar-refractivity contribution in [3.63, 3.8) is 0 Å². The predicted molar refractivity (Wildman–Crippen MR) is 106 cm³/mol. The maximum Gasteiger partial charge on any atom is 0.317 e. The molecule has 0 saturated carbocycles. The molecule has 0 aromatic carbocycles. The molecule has 3 heterocycles. The molecule has 2 aromatic heterocycles. The summed E-state index contributed by atoms with van der Waals surface area (Å²) < 4.78 is 0. The average Bonchev–Trinajstić information content (AvgIpc) is 3.05. The van der Waals surface area contributed by atoms with Crippen LogP contribution in [0.15, 0.2) is 29.2 Å². The highest BCUT2D eigenvalue weighted by Gasteiger charge is 2.20. The maximum absolute atomic E-state index is 12.4. The van der Waals surface area contributed by atoms with Crippen molar-refractivity contribution in [2.24, 2.45) is 0 Å². The van der Waals surface area contributed by atoms with E-state index in [0.717, 1.165) is 49.6 Å². The lowest BCUT2D eigenvalue weighted by molar-refractivity contribution is 0.199. The van der Waals surface area contributed by atoms with Crippen LogP contribution in [0.25, 0.3) is 0 Å². The fraction of sp³-hybridized carbons (Fsp3) is 0.500. The van der Waals surface area contributed by atoms with E-state index < -0.39 is 0 Å². The monoisotopic (exact) mass is 374 g/mol. The van der Waals surface area contributed by atoms with Crippen LogP contribution in [0.1, 0.15) is 25.0 Å². The molecule has 26 heavy (non-hydrogen) atoms. The minimum absolute atomic E-state index is 0.00403. The summed E-state index contributed by atoms with van der Waals surface area (Å²) in [5.41, 5.74) is 3.72. The number of nitrogens with one attached hydrogen (secondary N) is 2. The summed E-state index contributed by atoms with van der Waals surface area (Å²) in [5, 5.41) is 8.47. The summed E-state index contributed by atoms with van der Waals surface area (Å²) in [4.78, 5) is 24.9. The SMILES string of the molecule is CN(C)c1ccc(NC2CCCN(C(=O)NCc3cscn3)CC2)cn1. The Morgan fingerprint density at radius 1 is 1.31 bits per heavy atom. The van der Waals surface area contributed by atoms with Crippen LogP contribution in [-0.2, 0) is 6.54 Å². The zero-order valence-corrected chi connectivity index (χ0v) is 16.1. The van der Waals surface area contributed by atoms with Gasteiger partial charge in [0.25, 0.3) is 0 Å². The number of hydrogen-bond donors (Lipinski definition) is 2. The molecule has 1 aliphatic rings. The molecule has 7 nitrogen and oxygen atoms in total. The zero-order valence-electron chi connectivity index (χ0n) is 15.3. The lowest BCUT2D eigenvalue weighted by atomic mass is 10.1. The Kier molecular flexibility index (Phi) is 6.27. The van der Waals surface area contributed by atoms with Crippen molar-refractivity contribution < 1.29 is 4.79 Å². The summed E-state index contributed by atoms with van der Waals surface area (Å²) in [5.74, 6) is 0.944. The van der Waals surface area contributed by atoms with Crippen molar-refractivity contribution in [3.05, 3.63) is 34.9 Å². The fourth-order valence-corrected chi connectivity index (χ4v) is 3.58. The second-order valence-electron chi connectivity index (χ2n) is 6.70. The molecule has 3 rings (SSSR count). The van der Waals surface area contributed by atoms with E-state index in [4.69, 9.17) is 0 Å². The van der Waals surface area contributed by atoms with Gasteiger partial charge in [-0.25, -0.2) is 14.8 Å². The van der Waals surface area contributed by atoms with Crippen LogP contribution < -0.4 is 15.5 Å². The number of thiazole rings is 1. The fourth-order valence-electron chi connectivity index (χ4n) is 3.02. The van der Waals surface area contributed by atoms with Gasteiger partial charge < -0.3 is 20.4 Å². The number of urea groups is 1. The molecule has 2 N–H and O–H groups in total. The first-order chi connectivity index (χ1) is 12.6. The van der Waals surface area contributed by atoms with Gasteiger partial charge in [0.2, 0.25) is 0 Å². The molecular weight excluding hydrogens is 348 g/mol. The highest BCUT2D eigenvalue weighted by atomic mass is 32.1. The third kappa shape index (κ3) is 5.08. The van der Waals surface area contributed by atoms with Gasteiger partial charge in [-0.1, -0.05) is 0 Å². The molecule has 2 amide bonds. The Bertz CT molecular complexity index is 688. The number of amides is 2. The van der Waals surface area contributed by atoms with Crippen molar-refractivity contribution in [3.8, 4) is 0 Å². The number of rotatable bonds is 5. The van der Waals surface area contributed by atoms with Gasteiger partial charge in [-0.3, -0.25) is 0 Å². The molecule has 8 heteroatoms. The molecule has 0 bridgehead atoms. The van der Waals surface area contributed by atoms with E-state index in [0.29, 0.717) is 12.6 Å². The summed E-state index contributed by atoms with van der Waals surface area (Å²) in [6.07, 6.45) is 4.84. The Hall–Kier alpha value is -2.35. The standard InChI is InChI=1S/C18H26N6OS/c1-23(2)17-6-5-15(10-19-17)22-14-4-3-8-24(9-7-14)18(25)20-11-16-12-26-13-21-16/h5-6,10,12-14,22H,3-4,7-9,11H2,1-2H3,(H,20,25). The minimum atomic E-state index is -0.00403. The minimum Gasteiger partial charge on any atom is -0.381 e. The molecule has 1 aliphatic heterocycles. The lowest BCUT2D eigenvalue weighted by Gasteiger charge is -2.21. The molecule has 1 fully saturated rings. The number of carbonyl (C=O) groups excluding carboxylic acids is 1. The van der Waals surface area contributed by atoms with Crippen LogP contribution in [-0.4, -0.2) is 54.1 Å². The number of nitrogens with zero attached hydrogens (tertiary/aromatic N) is 4. The first-order valence-electron chi connectivity index (χ1n) is 8.91. The molecule has 0 aliphatic carbocycles. The molecule has 2 aromatic rings. The third-order valence-electron chi connectivity index (χ3n) is 4.50. The van der Waals surface area contributed by atoms with E-state index in [2.05, 4.69) is 26.7 Å². The van der Waals surface area contributed by atoms with Gasteiger partial charge in [-0.2, -0.15) is 0 Å². The second kappa shape index (κ2) is 8.84. The summed E-state index contributed by atoms with van der Waals surface area (Å²) in [6, 6.07) is 4.43. The topological polar surface area (TPSA) is 73.4 Å². The van der Waals surface area contributed by atoms with Crippen LogP contribution >= 0.6 is 11.3 Å². The Morgan fingerprint density at radius 2 is 2.19 bits per heavy atom. The van der Waals surface area contributed by atoms with Crippen LogP contribution in [0.4, 0.5) is 16.3 Å². The van der Waals surface area contributed by atoms with Crippen LogP contribution in [0.2, 0.25) is 0 Å². The zero-order chi connectivity index (χ0) is 18.4. The van der Waals surface area contributed by atoms with Gasteiger partial charge in [-0.15, -0.1) is 11.3 Å². The number of pyridine rings is 1. The van der Waals surface area contributed by atoms with Gasteiger partial charge in [-0.05, 0) is 31.4 Å². The van der Waals surface area contributed by atoms with Crippen LogP contribution in [0, 0.1) is 0 Å². The van der Waals surface area contributed by atoms with Crippen LogP contribution in [0.3, 0.4) is 0 Å². The largest absolute Gasteiger partial charge is 0.381 e. The van der Waals surface area contributed by atoms with Crippen molar-refractivity contribution in [2.75, 3.05) is 37.4 Å². The summed E-state index contributed by atoms with van der Waals surface area (Å²) in [6.45, 7) is 2.03. The normalized spacial score (nSPS) is 17.5. The van der Waals surface area contributed by atoms with E-state index >= 15 is 0 Å². The second-order valence-corrected chi connectivity index (χ2v) is 7.42. The molecule has 1 atom stereocenters. The molecular formula is C18H26N6OS. The molecule has 0 radical (unpaired) electrons. The van der Waals surface area contributed by atoms with Crippen molar-refractivity contribution in [1.82, 2.24) is 20.2 Å². The van der Waals surface area contributed by atoms with Gasteiger partial charge in [0, 0.05) is 38.6 Å². The van der Waals surface area contributed by atoms with Gasteiger partial charge >= 0.3 is 6.03 Å². The van der Waals surface area contributed by atoms with E-state index in [9.17, 15) is 4.79 Å². The number of anilines is 2. The Labute approximate surface area is 158 Å². The lowest BCUT2D eigenvalue weighted by Crippen LogP contribution is -2.40. The molecule has 1 saturated heterocycles. The Morgan fingerprint density at radius 3 is 2.88 bits per heavy atom. The van der Waals surface area contributed by atoms with Crippen molar-refractivity contribution in [1.29, 1.82) is 0 Å². The van der Waals surface area contributed by atoms with Gasteiger partial charge in [0.1, 0.15) is 5.82 Å². The highest BCUT2D eigenvalue weighted by molar-refractivity contribution is 7.07. The van der Waals surface area contributed by atoms with Gasteiger partial charge in [0.15, 0.2) is 0 Å². The smallest absolute Gasteiger partial charge is 0.317 e. The van der Waals surface area contributed by atoms with Crippen LogP contribution in [0.5, 0.6) is 0 Å². The number of carbonyl (C=O) groups is 1. The maximum atomic E-state index is 12.4. The molecule has 140 valence electrons. The number of aromatic nitrogens is 2. The van der Waals surface area contributed by atoms with E-state index in [1.807, 2.05) is 41.5 Å². The van der Waals surface area contributed by atoms with E-state index in [-0.39, 0.29) is 6.03 Å². The summed E-state index contributed by atoms with van der Waals surface area (Å²) in [7, 11) is 3.96. The van der Waals surface area contributed by atoms with Crippen molar-refractivity contribution >= 4 is 28.9 Å². The molecule has 0 spiro atoms. The summed E-state index contributed by atoms with van der Waals surface area (Å²) >= 11 is 1.54. The highest BCUT2D eigenvalue weighted by Crippen LogP contribution is 2.18. The quantitative estimate of drug-likeness (QED) is 0.842. The van der Waals surface area contributed by atoms with E-state index in [1.165, 1.54) is 0 Å². The predicted octanol–water partition coefficient (Wildman–Crippen LogP) is 2.78. The molecule has 1 unspecified atom stereocenters. The number of likely N-dealkylation sites (tertiary alicyclic amines) is 1. The van der Waals surface area contributed by atoms with Crippen molar-refractivity contribution in [2.45, 2.75) is 31.8 Å². The number of hydrogen-bond acceptors (Lipinski definition) is 6.